The van der Waals surface area contributed by atoms with Crippen LogP contribution in [0.15, 0.2) is 11.0 Å². The molecular formula is C12H19N3O. The fourth-order valence-corrected chi connectivity index (χ4v) is 2.32. The molecule has 3 N–H and O–H groups in total. The molecule has 1 aliphatic rings. The predicted molar refractivity (Wildman–Crippen MR) is 63.1 cm³/mol. The first-order valence-corrected chi connectivity index (χ1v) is 5.99. The van der Waals surface area contributed by atoms with Gasteiger partial charge in [-0.2, -0.15) is 0 Å². The van der Waals surface area contributed by atoms with Crippen molar-refractivity contribution in [3.63, 3.8) is 0 Å². The molecule has 1 saturated carbocycles. The lowest BCUT2D eigenvalue weighted by molar-refractivity contribution is 0.339. The maximum atomic E-state index is 11.6. The summed E-state index contributed by atoms with van der Waals surface area (Å²) in [7, 11) is 0. The fraction of sp³-hybridized carbons (Fsp3) is 0.667. The molecule has 1 heterocycles. The number of nitrogens with one attached hydrogen (secondary N) is 1. The zero-order valence-corrected chi connectivity index (χ0v) is 9.70. The van der Waals surface area contributed by atoms with Crippen LogP contribution in [-0.4, -0.2) is 9.97 Å². The number of hydrogen-bond donors (Lipinski definition) is 2. The summed E-state index contributed by atoms with van der Waals surface area (Å²) in [5.41, 5.74) is 5.92. The third-order valence-corrected chi connectivity index (χ3v) is 3.52. The van der Waals surface area contributed by atoms with Crippen molar-refractivity contribution in [1.29, 1.82) is 0 Å². The molecule has 0 bridgehead atoms. The third kappa shape index (κ3) is 2.32. The minimum Gasteiger partial charge on any atom is -0.326 e. The van der Waals surface area contributed by atoms with Gasteiger partial charge in [0.25, 0.3) is 5.56 Å². The van der Waals surface area contributed by atoms with Gasteiger partial charge < -0.3 is 10.7 Å². The second-order valence-corrected chi connectivity index (χ2v) is 4.78. The average Bonchev–Trinajstić information content (AvgIpc) is 2.30. The van der Waals surface area contributed by atoms with E-state index in [2.05, 4.69) is 16.9 Å². The van der Waals surface area contributed by atoms with Crippen LogP contribution in [0.4, 0.5) is 0 Å². The average molecular weight is 221 g/mol. The number of nitrogens with zero attached hydrogens (tertiary/aromatic N) is 1. The van der Waals surface area contributed by atoms with E-state index in [4.69, 9.17) is 5.73 Å². The lowest BCUT2D eigenvalue weighted by Gasteiger charge is -2.25. The highest BCUT2D eigenvalue weighted by atomic mass is 16.1. The Labute approximate surface area is 95.3 Å². The van der Waals surface area contributed by atoms with E-state index in [1.807, 2.05) is 0 Å². The summed E-state index contributed by atoms with van der Waals surface area (Å²) in [6.45, 7) is 2.54. The number of aromatic nitrogens is 2. The Balaban J connectivity index is 2.15. The van der Waals surface area contributed by atoms with Crippen LogP contribution >= 0.6 is 0 Å². The quantitative estimate of drug-likeness (QED) is 0.795. The molecule has 1 aliphatic carbocycles. The van der Waals surface area contributed by atoms with Crippen molar-refractivity contribution in [2.45, 2.75) is 45.1 Å². The highest BCUT2D eigenvalue weighted by Crippen LogP contribution is 2.33. The normalized spacial score (nSPS) is 25.6. The second kappa shape index (κ2) is 4.78. The van der Waals surface area contributed by atoms with Crippen LogP contribution in [0.1, 0.15) is 49.9 Å². The van der Waals surface area contributed by atoms with Crippen LogP contribution in [0.3, 0.4) is 0 Å². The third-order valence-electron chi connectivity index (χ3n) is 3.52. The molecule has 0 saturated heterocycles. The molecule has 0 radical (unpaired) electrons. The van der Waals surface area contributed by atoms with E-state index < -0.39 is 0 Å². The van der Waals surface area contributed by atoms with E-state index in [-0.39, 0.29) is 12.1 Å². The number of hydrogen-bond acceptors (Lipinski definition) is 3. The van der Waals surface area contributed by atoms with E-state index in [9.17, 15) is 4.79 Å². The summed E-state index contributed by atoms with van der Waals surface area (Å²) in [6, 6.07) is 0. The van der Waals surface area contributed by atoms with E-state index in [0.717, 1.165) is 24.6 Å². The fourth-order valence-electron chi connectivity index (χ4n) is 2.32. The van der Waals surface area contributed by atoms with Crippen molar-refractivity contribution >= 4 is 0 Å². The van der Waals surface area contributed by atoms with Gasteiger partial charge in [0.05, 0.1) is 0 Å². The molecule has 0 unspecified atom stereocenters. The Morgan fingerprint density at radius 1 is 1.44 bits per heavy atom. The Bertz CT molecular complexity index is 405. The summed E-state index contributed by atoms with van der Waals surface area (Å²) in [6.07, 6.45) is 6.34. The molecule has 1 aromatic heterocycles. The summed E-state index contributed by atoms with van der Waals surface area (Å²) in [5, 5.41) is 0. The van der Waals surface area contributed by atoms with Gasteiger partial charge in [-0.25, -0.2) is 4.98 Å². The van der Waals surface area contributed by atoms with Crippen molar-refractivity contribution in [1.82, 2.24) is 9.97 Å². The summed E-state index contributed by atoms with van der Waals surface area (Å²) >= 11 is 0. The maximum Gasteiger partial charge on any atom is 0.255 e. The van der Waals surface area contributed by atoms with Crippen molar-refractivity contribution in [3.05, 3.63) is 27.9 Å². The molecule has 88 valence electrons. The number of H-pyrrole nitrogens is 1. The van der Waals surface area contributed by atoms with Gasteiger partial charge in [-0.3, -0.25) is 4.79 Å². The predicted octanol–water partition coefficient (Wildman–Crippen LogP) is 1.52. The van der Waals surface area contributed by atoms with Gasteiger partial charge in [-0.05, 0) is 18.8 Å². The van der Waals surface area contributed by atoms with Gasteiger partial charge in [0.15, 0.2) is 0 Å². The molecule has 2 rings (SSSR count). The summed E-state index contributed by atoms with van der Waals surface area (Å²) < 4.78 is 0. The number of nitrogens with two attached hydrogens (primary N) is 1. The molecule has 0 atom stereocenters. The van der Waals surface area contributed by atoms with Crippen LogP contribution in [0.5, 0.6) is 0 Å². The van der Waals surface area contributed by atoms with Crippen molar-refractivity contribution in [2.24, 2.45) is 11.7 Å². The van der Waals surface area contributed by atoms with E-state index in [0.29, 0.717) is 11.5 Å². The molecule has 0 amide bonds. The molecular weight excluding hydrogens is 202 g/mol. The van der Waals surface area contributed by atoms with Crippen molar-refractivity contribution < 1.29 is 0 Å². The zero-order chi connectivity index (χ0) is 11.5. The largest absolute Gasteiger partial charge is 0.326 e. The molecule has 0 spiro atoms. The summed E-state index contributed by atoms with van der Waals surface area (Å²) in [4.78, 5) is 18.8. The van der Waals surface area contributed by atoms with Crippen molar-refractivity contribution in [2.75, 3.05) is 0 Å². The second-order valence-electron chi connectivity index (χ2n) is 4.78. The van der Waals surface area contributed by atoms with Crippen LogP contribution in [0, 0.1) is 5.92 Å². The minimum absolute atomic E-state index is 0.0777. The lowest BCUT2D eigenvalue weighted by atomic mass is 9.82. The number of aromatic amines is 1. The smallest absolute Gasteiger partial charge is 0.255 e. The molecule has 4 nitrogen and oxygen atoms in total. The van der Waals surface area contributed by atoms with Gasteiger partial charge in [0.1, 0.15) is 5.82 Å². The Morgan fingerprint density at radius 2 is 2.12 bits per heavy atom. The minimum atomic E-state index is -0.0777. The molecule has 16 heavy (non-hydrogen) atoms. The highest BCUT2D eigenvalue weighted by Gasteiger charge is 2.21. The first-order chi connectivity index (χ1) is 7.70. The highest BCUT2D eigenvalue weighted by molar-refractivity contribution is 5.08. The topological polar surface area (TPSA) is 71.8 Å². The van der Waals surface area contributed by atoms with Crippen LogP contribution in [0.2, 0.25) is 0 Å². The lowest BCUT2D eigenvalue weighted by Crippen LogP contribution is -2.22. The van der Waals surface area contributed by atoms with Gasteiger partial charge >= 0.3 is 0 Å². The maximum absolute atomic E-state index is 11.6. The van der Waals surface area contributed by atoms with E-state index in [1.165, 1.54) is 12.8 Å². The molecule has 4 heteroatoms. The molecule has 0 aliphatic heterocycles. The SMILES string of the molecule is CC1CCC(c2ncc(CN)c(=O)[nH]2)CC1. The molecule has 1 aromatic rings. The van der Waals surface area contributed by atoms with Crippen LogP contribution in [-0.2, 0) is 6.54 Å². The Morgan fingerprint density at radius 3 is 2.69 bits per heavy atom. The first kappa shape index (κ1) is 11.3. The van der Waals surface area contributed by atoms with Gasteiger partial charge in [0, 0.05) is 24.2 Å². The van der Waals surface area contributed by atoms with Gasteiger partial charge in [0.2, 0.25) is 0 Å². The standard InChI is InChI=1S/C12H19N3O/c1-8-2-4-9(5-3-8)11-14-7-10(6-13)12(16)15-11/h7-9H,2-6,13H2,1H3,(H,14,15,16). The Hall–Kier alpha value is -1.16. The Kier molecular flexibility index (Phi) is 3.39. The number of rotatable bonds is 2. The van der Waals surface area contributed by atoms with E-state index >= 15 is 0 Å². The van der Waals surface area contributed by atoms with Crippen molar-refractivity contribution in [3.8, 4) is 0 Å². The van der Waals surface area contributed by atoms with Crippen LogP contribution in [0.25, 0.3) is 0 Å². The monoisotopic (exact) mass is 221 g/mol. The molecule has 0 aromatic carbocycles. The van der Waals surface area contributed by atoms with E-state index in [1.54, 1.807) is 6.20 Å². The molecule has 1 fully saturated rings. The van der Waals surface area contributed by atoms with Gasteiger partial charge in [-0.15, -0.1) is 0 Å². The first-order valence-electron chi connectivity index (χ1n) is 5.99. The summed E-state index contributed by atoms with van der Waals surface area (Å²) in [5.74, 6) is 2.08. The van der Waals surface area contributed by atoms with Crippen LogP contribution < -0.4 is 11.3 Å². The zero-order valence-electron chi connectivity index (χ0n) is 9.70. The van der Waals surface area contributed by atoms with Gasteiger partial charge in [-0.1, -0.05) is 19.8 Å².